The van der Waals surface area contributed by atoms with Gasteiger partial charge in [0, 0.05) is 5.56 Å². The summed E-state index contributed by atoms with van der Waals surface area (Å²) in [5.74, 6) is -1.03. The number of hydrogen-bond donors (Lipinski definition) is 2. The van der Waals surface area contributed by atoms with E-state index in [1.165, 1.54) is 0 Å². The summed E-state index contributed by atoms with van der Waals surface area (Å²) in [4.78, 5) is 21.8. The third kappa shape index (κ3) is 3.43. The Hall–Kier alpha value is -1.20. The number of aliphatic carboxylic acids is 1. The zero-order valence-corrected chi connectivity index (χ0v) is 10.1. The highest BCUT2D eigenvalue weighted by atomic mass is 79.9. The fourth-order valence-corrected chi connectivity index (χ4v) is 1.57. The third-order valence-electron chi connectivity index (χ3n) is 2.17. The first-order valence-electron chi connectivity index (χ1n) is 4.71. The van der Waals surface area contributed by atoms with E-state index in [1.54, 1.807) is 24.3 Å². The van der Waals surface area contributed by atoms with Crippen LogP contribution < -0.4 is 5.73 Å². The van der Waals surface area contributed by atoms with Crippen molar-refractivity contribution >= 4 is 27.7 Å². The first-order valence-corrected chi connectivity index (χ1v) is 5.83. The predicted molar refractivity (Wildman–Crippen MR) is 63.9 cm³/mol. The Kier molecular flexibility index (Phi) is 4.64. The number of alkyl halides is 1. The summed E-state index contributed by atoms with van der Waals surface area (Å²) in [7, 11) is 0. The maximum absolute atomic E-state index is 11.3. The lowest BCUT2D eigenvalue weighted by Gasteiger charge is -2.06. The van der Waals surface area contributed by atoms with Crippen molar-refractivity contribution < 1.29 is 14.7 Å². The second-order valence-corrected chi connectivity index (χ2v) is 3.96. The Balaban J connectivity index is 2.72. The molecule has 0 heterocycles. The van der Waals surface area contributed by atoms with Crippen molar-refractivity contribution in [1.29, 1.82) is 0 Å². The van der Waals surface area contributed by atoms with E-state index >= 15 is 0 Å². The van der Waals surface area contributed by atoms with E-state index in [0.29, 0.717) is 5.56 Å². The molecular formula is C11H12BrNO3. The lowest BCUT2D eigenvalue weighted by atomic mass is 10.0. The molecule has 0 unspecified atom stereocenters. The second kappa shape index (κ2) is 5.77. The second-order valence-electron chi connectivity index (χ2n) is 3.40. The molecule has 1 atom stereocenters. The lowest BCUT2D eigenvalue weighted by molar-refractivity contribution is -0.138. The number of ketones is 1. The number of benzene rings is 1. The molecule has 1 aromatic carbocycles. The van der Waals surface area contributed by atoms with Crippen LogP contribution >= 0.6 is 15.9 Å². The molecule has 0 saturated carbocycles. The van der Waals surface area contributed by atoms with Crippen LogP contribution in [0.15, 0.2) is 24.3 Å². The molecule has 0 saturated heterocycles. The van der Waals surface area contributed by atoms with E-state index in [9.17, 15) is 9.59 Å². The molecule has 16 heavy (non-hydrogen) atoms. The number of hydrogen-bond acceptors (Lipinski definition) is 3. The zero-order valence-electron chi connectivity index (χ0n) is 8.52. The Morgan fingerprint density at radius 2 is 1.88 bits per heavy atom. The average Bonchev–Trinajstić information content (AvgIpc) is 2.28. The SMILES string of the molecule is N[C@@H](Cc1ccc(C(=O)CBr)cc1)C(=O)O. The fourth-order valence-electron chi connectivity index (χ4n) is 1.25. The number of nitrogens with two attached hydrogens (primary N) is 1. The molecule has 0 fully saturated rings. The standard InChI is InChI=1S/C11H12BrNO3/c12-6-10(14)8-3-1-7(2-4-8)5-9(13)11(15)16/h1-4,9H,5-6,13H2,(H,15,16)/t9-/m0/s1. The Morgan fingerprint density at radius 1 is 1.31 bits per heavy atom. The molecule has 0 radical (unpaired) electrons. The zero-order chi connectivity index (χ0) is 12.1. The highest BCUT2D eigenvalue weighted by Crippen LogP contribution is 2.08. The summed E-state index contributed by atoms with van der Waals surface area (Å²) < 4.78 is 0. The molecule has 0 bridgehead atoms. The fraction of sp³-hybridized carbons (Fsp3) is 0.273. The number of rotatable bonds is 5. The van der Waals surface area contributed by atoms with Crippen molar-refractivity contribution in [2.24, 2.45) is 5.73 Å². The maximum Gasteiger partial charge on any atom is 0.320 e. The topological polar surface area (TPSA) is 80.4 Å². The number of carbonyl (C=O) groups excluding carboxylic acids is 1. The van der Waals surface area contributed by atoms with Gasteiger partial charge in [0.1, 0.15) is 6.04 Å². The summed E-state index contributed by atoms with van der Waals surface area (Å²) >= 11 is 3.08. The van der Waals surface area contributed by atoms with Gasteiger partial charge in [-0.05, 0) is 12.0 Å². The van der Waals surface area contributed by atoms with Gasteiger partial charge in [-0.3, -0.25) is 9.59 Å². The van der Waals surface area contributed by atoms with Crippen LogP contribution in [-0.2, 0) is 11.2 Å². The molecule has 3 N–H and O–H groups in total. The summed E-state index contributed by atoms with van der Waals surface area (Å²) in [6.45, 7) is 0. The number of carbonyl (C=O) groups is 2. The average molecular weight is 286 g/mol. The summed E-state index contributed by atoms with van der Waals surface area (Å²) in [5, 5.41) is 8.92. The van der Waals surface area contributed by atoms with Gasteiger partial charge in [0.2, 0.25) is 0 Å². The minimum atomic E-state index is -1.03. The molecule has 0 amide bonds. The first kappa shape index (κ1) is 12.9. The van der Waals surface area contributed by atoms with E-state index in [1.807, 2.05) is 0 Å². The molecule has 86 valence electrons. The number of halogens is 1. The van der Waals surface area contributed by atoms with Crippen molar-refractivity contribution in [3.63, 3.8) is 0 Å². The molecule has 0 aliphatic carbocycles. The Morgan fingerprint density at radius 3 is 2.31 bits per heavy atom. The van der Waals surface area contributed by atoms with E-state index in [2.05, 4.69) is 15.9 Å². The maximum atomic E-state index is 11.3. The van der Waals surface area contributed by atoms with Gasteiger partial charge in [-0.25, -0.2) is 0 Å². The van der Waals surface area contributed by atoms with Crippen LogP contribution in [0, 0.1) is 0 Å². The molecule has 0 aliphatic rings. The first-order chi connectivity index (χ1) is 7.54. The van der Waals surface area contributed by atoms with Crippen LogP contribution in [0.2, 0.25) is 0 Å². The number of Topliss-reactive ketones (excluding diaryl/α,β-unsaturated/α-hetero) is 1. The van der Waals surface area contributed by atoms with E-state index in [0.717, 1.165) is 5.56 Å². The van der Waals surface area contributed by atoms with Crippen LogP contribution in [0.5, 0.6) is 0 Å². The Labute approximate surface area is 102 Å². The highest BCUT2D eigenvalue weighted by molar-refractivity contribution is 9.09. The molecule has 5 heteroatoms. The molecule has 0 aromatic heterocycles. The molecule has 4 nitrogen and oxygen atoms in total. The highest BCUT2D eigenvalue weighted by Gasteiger charge is 2.12. The van der Waals surface area contributed by atoms with Gasteiger partial charge in [-0.15, -0.1) is 0 Å². The van der Waals surface area contributed by atoms with Gasteiger partial charge in [-0.1, -0.05) is 40.2 Å². The normalized spacial score (nSPS) is 12.1. The van der Waals surface area contributed by atoms with E-state index in [-0.39, 0.29) is 17.5 Å². The van der Waals surface area contributed by atoms with Crippen LogP contribution in [0.1, 0.15) is 15.9 Å². The van der Waals surface area contributed by atoms with Crippen LogP contribution in [0.3, 0.4) is 0 Å². The molecule has 0 spiro atoms. The van der Waals surface area contributed by atoms with Crippen molar-refractivity contribution in [3.8, 4) is 0 Å². The van der Waals surface area contributed by atoms with Crippen molar-refractivity contribution in [1.82, 2.24) is 0 Å². The van der Waals surface area contributed by atoms with Crippen LogP contribution in [0.25, 0.3) is 0 Å². The third-order valence-corrected chi connectivity index (χ3v) is 2.68. The monoisotopic (exact) mass is 285 g/mol. The van der Waals surface area contributed by atoms with E-state index < -0.39 is 12.0 Å². The molecular weight excluding hydrogens is 274 g/mol. The molecule has 1 rings (SSSR count). The smallest absolute Gasteiger partial charge is 0.320 e. The quantitative estimate of drug-likeness (QED) is 0.630. The van der Waals surface area contributed by atoms with Gasteiger partial charge < -0.3 is 10.8 Å². The van der Waals surface area contributed by atoms with Crippen LogP contribution in [0.4, 0.5) is 0 Å². The minimum absolute atomic E-state index is 0.00548. The summed E-state index contributed by atoms with van der Waals surface area (Å²) in [6.07, 6.45) is 0.262. The lowest BCUT2D eigenvalue weighted by Crippen LogP contribution is -2.32. The van der Waals surface area contributed by atoms with Gasteiger partial charge >= 0.3 is 5.97 Å². The van der Waals surface area contributed by atoms with Crippen molar-refractivity contribution in [3.05, 3.63) is 35.4 Å². The number of carboxylic acids is 1. The summed E-state index contributed by atoms with van der Waals surface area (Å²) in [5.41, 5.74) is 6.81. The van der Waals surface area contributed by atoms with Crippen molar-refractivity contribution in [2.45, 2.75) is 12.5 Å². The number of carboxylic acid groups (broad SMARTS) is 1. The van der Waals surface area contributed by atoms with Gasteiger partial charge in [0.25, 0.3) is 0 Å². The Bertz CT molecular complexity index is 389. The van der Waals surface area contributed by atoms with Gasteiger partial charge in [-0.2, -0.15) is 0 Å². The van der Waals surface area contributed by atoms with Gasteiger partial charge in [0.05, 0.1) is 5.33 Å². The summed E-state index contributed by atoms with van der Waals surface area (Å²) in [6, 6.07) is 5.89. The largest absolute Gasteiger partial charge is 0.480 e. The minimum Gasteiger partial charge on any atom is -0.480 e. The van der Waals surface area contributed by atoms with Crippen molar-refractivity contribution in [2.75, 3.05) is 5.33 Å². The molecule has 1 aromatic rings. The van der Waals surface area contributed by atoms with E-state index in [4.69, 9.17) is 10.8 Å². The van der Waals surface area contributed by atoms with Crippen LogP contribution in [-0.4, -0.2) is 28.2 Å². The molecule has 0 aliphatic heterocycles. The predicted octanol–water partition coefficient (Wildman–Crippen LogP) is 1.22. The van der Waals surface area contributed by atoms with Gasteiger partial charge in [0.15, 0.2) is 5.78 Å².